The first-order chi connectivity index (χ1) is 46.9. The van der Waals surface area contributed by atoms with Crippen molar-refractivity contribution in [1.82, 2.24) is 5.32 Å². The zero-order valence-electron chi connectivity index (χ0n) is 54.7. The first kappa shape index (κ1) is 67.6. The Bertz CT molecular complexity index is 3990. The minimum atomic E-state index is -3.33. The molecule has 0 aliphatic carbocycles. The molecule has 2 aliphatic heterocycles. The summed E-state index contributed by atoms with van der Waals surface area (Å²) in [7, 11) is -3.33. The molecule has 1 N–H and O–H groups in total. The van der Waals surface area contributed by atoms with Gasteiger partial charge in [-0.05, 0) is 91.3 Å². The molecule has 10 aromatic rings. The molecule has 12 rings (SSSR count). The maximum atomic E-state index is 15.2. The van der Waals surface area contributed by atoms with Crippen molar-refractivity contribution in [2.75, 3.05) is 13.2 Å². The second kappa shape index (κ2) is 32.6. The summed E-state index contributed by atoms with van der Waals surface area (Å²) in [5.41, 5.74) is 5.14. The van der Waals surface area contributed by atoms with E-state index in [1.807, 2.05) is 158 Å². The smallest absolute Gasteiger partial charge is 0.338 e. The molecule has 14 heteroatoms. The Labute approximate surface area is 569 Å². The van der Waals surface area contributed by atoms with Gasteiger partial charge in [-0.25, -0.2) is 4.79 Å². The van der Waals surface area contributed by atoms with E-state index in [0.29, 0.717) is 5.56 Å². The van der Waals surface area contributed by atoms with Gasteiger partial charge in [-0.1, -0.05) is 287 Å². The maximum Gasteiger partial charge on any atom is 0.338 e. The third-order valence-electron chi connectivity index (χ3n) is 17.7. The van der Waals surface area contributed by atoms with Crippen LogP contribution in [0.2, 0.25) is 5.04 Å². The van der Waals surface area contributed by atoms with Gasteiger partial charge in [0.1, 0.15) is 48.1 Å². The monoisotopic (exact) mass is 1320 g/mol. The zero-order chi connectivity index (χ0) is 66.1. The van der Waals surface area contributed by atoms with Crippen molar-refractivity contribution < 1.29 is 51.9 Å². The largest absolute Gasteiger partial charge is 0.453 e. The number of hydrogen-bond donors (Lipinski definition) is 1. The van der Waals surface area contributed by atoms with Crippen molar-refractivity contribution in [3.8, 4) is 0 Å². The van der Waals surface area contributed by atoms with Crippen LogP contribution in [0.15, 0.2) is 284 Å². The fraction of sp³-hybridized carbons (Fsp3) is 0.268. The highest BCUT2D eigenvalue weighted by atomic mass is 32.2. The number of carbonyl (C=O) groups excluding carboxylic acids is 2. The average Bonchev–Trinajstić information content (AvgIpc) is 0.760. The third kappa shape index (κ3) is 17.1. The van der Waals surface area contributed by atoms with Crippen LogP contribution in [0.5, 0.6) is 0 Å². The summed E-state index contributed by atoms with van der Waals surface area (Å²) in [6.07, 6.45) is -8.60. The summed E-state index contributed by atoms with van der Waals surface area (Å²) >= 11 is 1.55. The number of fused-ring (bicyclic) bond motifs is 1. The number of hydrogen-bond acceptors (Lipinski definition) is 12. The maximum absolute atomic E-state index is 15.2. The first-order valence-corrected chi connectivity index (χ1v) is 35.8. The van der Waals surface area contributed by atoms with Gasteiger partial charge in [-0.3, -0.25) is 4.79 Å². The molecule has 0 aromatic heterocycles. The molecule has 12 nitrogen and oxygen atoms in total. The minimum absolute atomic E-state index is 0.00475. The minimum Gasteiger partial charge on any atom is -0.453 e. The summed E-state index contributed by atoms with van der Waals surface area (Å²) in [5.74, 6) is -1.02. The molecule has 492 valence electrons. The van der Waals surface area contributed by atoms with E-state index in [1.165, 1.54) is 0 Å². The van der Waals surface area contributed by atoms with Crippen LogP contribution in [-0.2, 0) is 80.0 Å². The fourth-order valence-corrected chi connectivity index (χ4v) is 18.6. The molecule has 2 fully saturated rings. The Kier molecular flexibility index (Phi) is 23.0. The van der Waals surface area contributed by atoms with Gasteiger partial charge in [0.2, 0.25) is 5.91 Å². The summed E-state index contributed by atoms with van der Waals surface area (Å²) in [6, 6.07) is 90.8. The molecule has 0 saturated carbocycles. The van der Waals surface area contributed by atoms with Gasteiger partial charge in [-0.15, -0.1) is 0 Å². The van der Waals surface area contributed by atoms with Gasteiger partial charge in [0.15, 0.2) is 12.4 Å². The van der Waals surface area contributed by atoms with Crippen molar-refractivity contribution in [2.24, 2.45) is 0 Å². The van der Waals surface area contributed by atoms with Gasteiger partial charge in [0.25, 0.3) is 8.32 Å². The van der Waals surface area contributed by atoms with E-state index in [1.54, 1.807) is 36.0 Å². The molecular formula is C82H83NO11SSi. The molecule has 0 unspecified atom stereocenters. The van der Waals surface area contributed by atoms with Crippen LogP contribution in [0.25, 0.3) is 10.8 Å². The lowest BCUT2D eigenvalue weighted by molar-refractivity contribution is -0.329. The Morgan fingerprint density at radius 2 is 0.958 bits per heavy atom. The molecule has 0 radical (unpaired) electrons. The molecule has 96 heavy (non-hydrogen) atoms. The van der Waals surface area contributed by atoms with Crippen LogP contribution in [0.3, 0.4) is 0 Å². The predicted molar refractivity (Wildman–Crippen MR) is 379 cm³/mol. The fourth-order valence-electron chi connectivity index (χ4n) is 12.9. The molecule has 1 amide bonds. The van der Waals surface area contributed by atoms with Crippen molar-refractivity contribution in [3.63, 3.8) is 0 Å². The molecule has 2 saturated heterocycles. The number of esters is 1. The lowest BCUT2D eigenvalue weighted by atomic mass is 9.94. The standard InChI is InChI=1S/C82H83NO11SSi/c1-58-44-48-67(49-45-58)95-81-78(89-54-62-34-18-8-19-35-62)77(88-53-61-32-16-7-17-33-61)75(71(92-81)57-90-96(82(2,3)4,68-40-22-10-23-41-68)69-42-24-11-25-43-69)94-80-73(83-72(84)51-59-28-12-5-13-29-59)76(93-79(85)65-37-20-9-21-38-65)74(70(91-80)56-86-52-60-30-14-6-15-31-60)87-55-63-46-47-64-36-26-27-39-66(64)50-63/h5-50,70-71,73-78,80-81H,51-57H2,1-4H3,(H,83,84)/t70-,71-,73-,74-,75-,76-,77+,78-,80-,81+/m1/s1. The Hall–Kier alpha value is -8.35. The van der Waals surface area contributed by atoms with E-state index >= 15 is 9.59 Å². The summed E-state index contributed by atoms with van der Waals surface area (Å²) in [6.45, 7) is 9.44. The Morgan fingerprint density at radius 3 is 1.54 bits per heavy atom. The summed E-state index contributed by atoms with van der Waals surface area (Å²) < 4.78 is 66.6. The number of nitrogens with one attached hydrogen (secondary N) is 1. The molecule has 2 aliphatic rings. The molecule has 2 heterocycles. The second-order valence-electron chi connectivity index (χ2n) is 25.6. The van der Waals surface area contributed by atoms with Gasteiger partial charge in [0.05, 0.1) is 51.6 Å². The van der Waals surface area contributed by atoms with Crippen LogP contribution in [0.4, 0.5) is 0 Å². The number of thioether (sulfide) groups is 1. The highest BCUT2D eigenvalue weighted by Gasteiger charge is 2.57. The van der Waals surface area contributed by atoms with Crippen molar-refractivity contribution >= 4 is 53.1 Å². The number of carbonyl (C=O) groups is 2. The molecule has 0 bridgehead atoms. The van der Waals surface area contributed by atoms with Crippen LogP contribution in [0, 0.1) is 6.92 Å². The Balaban J connectivity index is 1.02. The quantitative estimate of drug-likeness (QED) is 0.0389. The lowest BCUT2D eigenvalue weighted by Crippen LogP contribution is -2.70. The van der Waals surface area contributed by atoms with Crippen LogP contribution < -0.4 is 15.7 Å². The highest BCUT2D eigenvalue weighted by molar-refractivity contribution is 7.99. The number of rotatable bonds is 27. The third-order valence-corrected chi connectivity index (χ3v) is 23.9. The van der Waals surface area contributed by atoms with Crippen LogP contribution in [-0.4, -0.2) is 93.9 Å². The van der Waals surface area contributed by atoms with E-state index in [2.05, 4.69) is 130 Å². The topological polar surface area (TPSA) is 129 Å². The van der Waals surface area contributed by atoms with E-state index in [-0.39, 0.29) is 52.0 Å². The number of ether oxygens (including phenoxy) is 8. The van der Waals surface area contributed by atoms with E-state index in [0.717, 1.165) is 59.4 Å². The Morgan fingerprint density at radius 1 is 0.469 bits per heavy atom. The molecule has 0 spiro atoms. The highest BCUT2D eigenvalue weighted by Crippen LogP contribution is 2.43. The van der Waals surface area contributed by atoms with Gasteiger partial charge >= 0.3 is 5.97 Å². The van der Waals surface area contributed by atoms with Crippen LogP contribution in [0.1, 0.15) is 64.5 Å². The van der Waals surface area contributed by atoms with Gasteiger partial charge in [-0.2, -0.15) is 0 Å². The number of aryl methyl sites for hydroxylation is 1. The second-order valence-corrected chi connectivity index (χ2v) is 31.0. The summed E-state index contributed by atoms with van der Waals surface area (Å²) in [4.78, 5) is 31.2. The van der Waals surface area contributed by atoms with Gasteiger partial charge in [0, 0.05) is 4.90 Å². The SMILES string of the molecule is Cc1ccc(S[C@@H]2O[C@H](CO[Si](c3ccccc3)(c3ccccc3)C(C)(C)C)[C@@H](O[C@H]3O[C@H](COCc4ccccc4)[C@@H](OCc4ccc5ccccc5c4)[C@H](OC(=O)c4ccccc4)[C@H]3NC(=O)Cc3ccccc3)[C@H](OCc3ccccc3)[C@H]2OCc2ccccc2)cc1. The van der Waals surface area contributed by atoms with Crippen molar-refractivity contribution in [2.45, 2.75) is 131 Å². The van der Waals surface area contributed by atoms with E-state index in [9.17, 15) is 0 Å². The van der Waals surface area contributed by atoms with Crippen molar-refractivity contribution in [1.29, 1.82) is 0 Å². The number of amides is 1. The van der Waals surface area contributed by atoms with Gasteiger partial charge < -0.3 is 47.6 Å². The number of benzene rings is 10. The molecular weight excluding hydrogens is 1240 g/mol. The normalized spacial score (nSPS) is 21.3. The van der Waals surface area contributed by atoms with Crippen molar-refractivity contribution in [3.05, 3.63) is 318 Å². The first-order valence-electron chi connectivity index (χ1n) is 33.0. The average molecular weight is 1320 g/mol. The zero-order valence-corrected chi connectivity index (χ0v) is 56.5. The van der Waals surface area contributed by atoms with E-state index in [4.69, 9.17) is 42.3 Å². The molecule has 10 atom stereocenters. The summed E-state index contributed by atoms with van der Waals surface area (Å²) in [5, 5.41) is 7.18. The lowest BCUT2D eigenvalue weighted by Gasteiger charge is -2.51. The predicted octanol–water partition coefficient (Wildman–Crippen LogP) is 14.6. The van der Waals surface area contributed by atoms with Crippen LogP contribution >= 0.6 is 11.8 Å². The molecule has 10 aromatic carbocycles. The van der Waals surface area contributed by atoms with E-state index < -0.39 is 79.8 Å².